The Morgan fingerprint density at radius 2 is 2.06 bits per heavy atom. The molecule has 3 rings (SSSR count). The summed E-state index contributed by atoms with van der Waals surface area (Å²) in [6, 6.07) is 13.2. The second-order valence-corrected chi connectivity index (χ2v) is 5.00. The van der Waals surface area contributed by atoms with Crippen LogP contribution in [0.4, 0.5) is 0 Å². The van der Waals surface area contributed by atoms with Crippen LogP contribution in [0, 0.1) is 5.92 Å². The van der Waals surface area contributed by atoms with Gasteiger partial charge in [-0.1, -0.05) is 24.3 Å². The van der Waals surface area contributed by atoms with Crippen molar-refractivity contribution in [3.63, 3.8) is 0 Å². The molecule has 1 fully saturated rings. The number of aromatic nitrogens is 1. The maximum Gasteiger partial charge on any atom is 0.0705 e. The fourth-order valence-electron chi connectivity index (χ4n) is 2.24. The Balaban J connectivity index is 1.71. The Labute approximate surface area is 102 Å². The molecular formula is C15H18N2. The zero-order valence-electron chi connectivity index (χ0n) is 10.2. The molecule has 2 heteroatoms. The van der Waals surface area contributed by atoms with E-state index >= 15 is 0 Å². The van der Waals surface area contributed by atoms with Crippen molar-refractivity contribution in [1.82, 2.24) is 10.3 Å². The minimum Gasteiger partial charge on any atom is -0.308 e. The van der Waals surface area contributed by atoms with Crippen LogP contribution in [0.3, 0.4) is 0 Å². The van der Waals surface area contributed by atoms with Gasteiger partial charge < -0.3 is 5.32 Å². The zero-order chi connectivity index (χ0) is 11.7. The van der Waals surface area contributed by atoms with Crippen molar-refractivity contribution < 1.29 is 0 Å². The fraction of sp³-hybridized carbons (Fsp3) is 0.400. The molecule has 88 valence electrons. The molecule has 0 radical (unpaired) electrons. The van der Waals surface area contributed by atoms with Gasteiger partial charge in [0.1, 0.15) is 0 Å². The third-order valence-corrected chi connectivity index (χ3v) is 3.59. The molecule has 0 saturated heterocycles. The largest absolute Gasteiger partial charge is 0.308 e. The van der Waals surface area contributed by atoms with Gasteiger partial charge in [-0.15, -0.1) is 0 Å². The van der Waals surface area contributed by atoms with E-state index in [1.807, 2.05) is 6.07 Å². The van der Waals surface area contributed by atoms with Crippen molar-refractivity contribution in [3.05, 3.63) is 42.1 Å². The van der Waals surface area contributed by atoms with E-state index in [4.69, 9.17) is 0 Å². The molecule has 1 aromatic carbocycles. The van der Waals surface area contributed by atoms with Crippen molar-refractivity contribution in [2.24, 2.45) is 5.92 Å². The highest BCUT2D eigenvalue weighted by molar-refractivity contribution is 5.78. The first kappa shape index (κ1) is 10.7. The second-order valence-electron chi connectivity index (χ2n) is 5.00. The van der Waals surface area contributed by atoms with Crippen LogP contribution < -0.4 is 5.32 Å². The summed E-state index contributed by atoms with van der Waals surface area (Å²) in [5.74, 6) is 0.899. The Hall–Kier alpha value is -1.41. The van der Waals surface area contributed by atoms with Gasteiger partial charge in [-0.2, -0.15) is 0 Å². The number of benzene rings is 1. The summed E-state index contributed by atoms with van der Waals surface area (Å²) >= 11 is 0. The molecule has 1 atom stereocenters. The normalized spacial score (nSPS) is 17.2. The van der Waals surface area contributed by atoms with Gasteiger partial charge in [0.2, 0.25) is 0 Å². The average Bonchev–Trinajstić information content (AvgIpc) is 3.20. The molecule has 1 saturated carbocycles. The van der Waals surface area contributed by atoms with Crippen LogP contribution in [0.1, 0.15) is 25.5 Å². The van der Waals surface area contributed by atoms with Crippen molar-refractivity contribution in [2.75, 3.05) is 0 Å². The highest BCUT2D eigenvalue weighted by Gasteiger charge is 2.27. The lowest BCUT2D eigenvalue weighted by molar-refractivity contribution is 0.493. The molecule has 1 aromatic heterocycles. The molecule has 0 spiro atoms. The lowest BCUT2D eigenvalue weighted by Crippen LogP contribution is -2.27. The van der Waals surface area contributed by atoms with E-state index in [9.17, 15) is 0 Å². The van der Waals surface area contributed by atoms with Gasteiger partial charge in [0, 0.05) is 18.0 Å². The topological polar surface area (TPSA) is 24.9 Å². The number of hydrogen-bond donors (Lipinski definition) is 1. The van der Waals surface area contributed by atoms with Gasteiger partial charge in [-0.3, -0.25) is 4.98 Å². The van der Waals surface area contributed by atoms with Crippen LogP contribution in [-0.4, -0.2) is 11.0 Å². The lowest BCUT2D eigenvalue weighted by atomic mass is 10.2. The summed E-state index contributed by atoms with van der Waals surface area (Å²) in [6.07, 6.45) is 2.78. The summed E-state index contributed by atoms with van der Waals surface area (Å²) in [5.41, 5.74) is 2.22. The van der Waals surface area contributed by atoms with E-state index in [-0.39, 0.29) is 0 Å². The molecule has 0 bridgehead atoms. The van der Waals surface area contributed by atoms with Gasteiger partial charge >= 0.3 is 0 Å². The Bertz CT molecular complexity index is 517. The van der Waals surface area contributed by atoms with Crippen molar-refractivity contribution in [1.29, 1.82) is 0 Å². The molecule has 1 aliphatic rings. The smallest absolute Gasteiger partial charge is 0.0705 e. The number of hydrogen-bond acceptors (Lipinski definition) is 2. The quantitative estimate of drug-likeness (QED) is 0.866. The third-order valence-electron chi connectivity index (χ3n) is 3.59. The molecule has 2 nitrogen and oxygen atoms in total. The van der Waals surface area contributed by atoms with Crippen LogP contribution in [-0.2, 0) is 6.54 Å². The minimum atomic E-state index is 0.628. The molecule has 1 aliphatic carbocycles. The zero-order valence-corrected chi connectivity index (χ0v) is 10.2. The van der Waals surface area contributed by atoms with Gasteiger partial charge in [0.05, 0.1) is 11.2 Å². The standard InChI is InChI=1S/C15H18N2/c1-11(12-6-7-12)16-10-14-9-8-13-4-2-3-5-15(13)17-14/h2-5,8-9,11-12,16H,6-7,10H2,1H3. The van der Waals surface area contributed by atoms with Gasteiger partial charge in [0.15, 0.2) is 0 Å². The number of rotatable bonds is 4. The minimum absolute atomic E-state index is 0.628. The second kappa shape index (κ2) is 4.46. The number of fused-ring (bicyclic) bond motifs is 1. The van der Waals surface area contributed by atoms with Crippen LogP contribution in [0.2, 0.25) is 0 Å². The van der Waals surface area contributed by atoms with Crippen molar-refractivity contribution in [2.45, 2.75) is 32.4 Å². The van der Waals surface area contributed by atoms with Crippen LogP contribution in [0.25, 0.3) is 10.9 Å². The third kappa shape index (κ3) is 2.47. The number of nitrogens with one attached hydrogen (secondary N) is 1. The maximum atomic E-state index is 4.66. The molecule has 0 amide bonds. The van der Waals surface area contributed by atoms with E-state index in [0.717, 1.165) is 23.7 Å². The fourth-order valence-corrected chi connectivity index (χ4v) is 2.24. The van der Waals surface area contributed by atoms with Gasteiger partial charge in [-0.05, 0) is 37.8 Å². The van der Waals surface area contributed by atoms with E-state index in [1.165, 1.54) is 18.2 Å². The van der Waals surface area contributed by atoms with Crippen molar-refractivity contribution in [3.8, 4) is 0 Å². The van der Waals surface area contributed by atoms with E-state index in [2.05, 4.69) is 47.6 Å². The Morgan fingerprint density at radius 3 is 2.88 bits per heavy atom. The summed E-state index contributed by atoms with van der Waals surface area (Å²) in [6.45, 7) is 3.15. The van der Waals surface area contributed by atoms with E-state index < -0.39 is 0 Å². The first-order valence-corrected chi connectivity index (χ1v) is 6.41. The average molecular weight is 226 g/mol. The highest BCUT2D eigenvalue weighted by atomic mass is 14.9. The first-order valence-electron chi connectivity index (χ1n) is 6.41. The lowest BCUT2D eigenvalue weighted by Gasteiger charge is -2.12. The number of pyridine rings is 1. The summed E-state index contributed by atoms with van der Waals surface area (Å²) in [4.78, 5) is 4.66. The first-order chi connectivity index (χ1) is 8.33. The molecule has 1 N–H and O–H groups in total. The molecule has 17 heavy (non-hydrogen) atoms. The number of para-hydroxylation sites is 1. The van der Waals surface area contributed by atoms with E-state index in [0.29, 0.717) is 6.04 Å². The van der Waals surface area contributed by atoms with Crippen LogP contribution >= 0.6 is 0 Å². The predicted molar refractivity (Wildman–Crippen MR) is 70.8 cm³/mol. The molecule has 1 unspecified atom stereocenters. The summed E-state index contributed by atoms with van der Waals surface area (Å²) in [7, 11) is 0. The summed E-state index contributed by atoms with van der Waals surface area (Å²) in [5, 5.41) is 4.78. The van der Waals surface area contributed by atoms with Crippen molar-refractivity contribution >= 4 is 10.9 Å². The van der Waals surface area contributed by atoms with Gasteiger partial charge in [-0.25, -0.2) is 0 Å². The maximum absolute atomic E-state index is 4.66. The van der Waals surface area contributed by atoms with Crippen LogP contribution in [0.15, 0.2) is 36.4 Å². The predicted octanol–water partition coefficient (Wildman–Crippen LogP) is 3.12. The SMILES string of the molecule is CC(NCc1ccc2ccccc2n1)C1CC1. The monoisotopic (exact) mass is 226 g/mol. The highest BCUT2D eigenvalue weighted by Crippen LogP contribution is 2.32. The summed E-state index contributed by atoms with van der Waals surface area (Å²) < 4.78 is 0. The van der Waals surface area contributed by atoms with E-state index in [1.54, 1.807) is 0 Å². The number of nitrogens with zero attached hydrogens (tertiary/aromatic N) is 1. The molecule has 2 aromatic rings. The molecule has 1 heterocycles. The van der Waals surface area contributed by atoms with Gasteiger partial charge in [0.25, 0.3) is 0 Å². The Morgan fingerprint density at radius 1 is 1.24 bits per heavy atom. The molecular weight excluding hydrogens is 208 g/mol. The molecule has 0 aliphatic heterocycles. The van der Waals surface area contributed by atoms with Crippen LogP contribution in [0.5, 0.6) is 0 Å². The Kier molecular flexibility index (Phi) is 2.81.